The highest BCUT2D eigenvalue weighted by Gasteiger charge is 2.56. The highest BCUT2D eigenvalue weighted by atomic mass is 19.1. The quantitative estimate of drug-likeness (QED) is 0.630. The fourth-order valence-corrected chi connectivity index (χ4v) is 3.61. The number of carbonyl (C=O) groups excluding carboxylic acids is 3. The van der Waals surface area contributed by atoms with E-state index in [1.807, 2.05) is 31.2 Å². The summed E-state index contributed by atoms with van der Waals surface area (Å²) in [6.45, 7) is 1.95. The SMILES string of the molecule is Cc1ccc(N2C(=O)[C@@H](N3C(=O)CCC3=O)[C@@H]2c2ccc(F)cc2)cc1. The minimum atomic E-state index is -0.871. The van der Waals surface area contributed by atoms with Crippen molar-refractivity contribution < 1.29 is 18.8 Å². The summed E-state index contributed by atoms with van der Waals surface area (Å²) in [5, 5.41) is 0. The van der Waals surface area contributed by atoms with Crippen LogP contribution in [0, 0.1) is 12.7 Å². The molecule has 2 aromatic carbocycles. The maximum Gasteiger partial charge on any atom is 0.253 e. The van der Waals surface area contributed by atoms with Crippen molar-refractivity contribution in [3.05, 3.63) is 65.5 Å². The molecule has 6 heteroatoms. The number of likely N-dealkylation sites (tertiary alicyclic amines) is 1. The van der Waals surface area contributed by atoms with Crippen molar-refractivity contribution in [2.45, 2.75) is 31.8 Å². The monoisotopic (exact) mass is 352 g/mol. The van der Waals surface area contributed by atoms with Crippen LogP contribution in [0.5, 0.6) is 0 Å². The normalized spacial score (nSPS) is 22.8. The molecule has 26 heavy (non-hydrogen) atoms. The van der Waals surface area contributed by atoms with E-state index < -0.39 is 12.1 Å². The van der Waals surface area contributed by atoms with Crippen molar-refractivity contribution >= 4 is 23.4 Å². The number of benzene rings is 2. The largest absolute Gasteiger partial charge is 0.300 e. The number of carbonyl (C=O) groups is 3. The van der Waals surface area contributed by atoms with Gasteiger partial charge >= 0.3 is 0 Å². The van der Waals surface area contributed by atoms with Gasteiger partial charge in [-0.3, -0.25) is 19.3 Å². The number of halogens is 1. The third-order valence-electron chi connectivity index (χ3n) is 4.96. The Kier molecular flexibility index (Phi) is 3.83. The van der Waals surface area contributed by atoms with Gasteiger partial charge in [0.25, 0.3) is 5.91 Å². The Morgan fingerprint density at radius 1 is 0.808 bits per heavy atom. The van der Waals surface area contributed by atoms with Crippen molar-refractivity contribution in [3.8, 4) is 0 Å². The first-order valence-corrected chi connectivity index (χ1v) is 8.47. The van der Waals surface area contributed by atoms with Crippen LogP contribution < -0.4 is 4.90 Å². The summed E-state index contributed by atoms with van der Waals surface area (Å²) in [4.78, 5) is 39.8. The van der Waals surface area contributed by atoms with Gasteiger partial charge in [0.15, 0.2) is 0 Å². The molecule has 2 aliphatic heterocycles. The number of β-lactam (4-membered cyclic amide) rings is 1. The van der Waals surface area contributed by atoms with Crippen LogP contribution in [0.1, 0.15) is 30.0 Å². The molecule has 0 aliphatic carbocycles. The Labute approximate surface area is 150 Å². The molecule has 0 radical (unpaired) electrons. The lowest BCUT2D eigenvalue weighted by Crippen LogP contribution is -2.67. The topological polar surface area (TPSA) is 57.7 Å². The maximum absolute atomic E-state index is 13.3. The van der Waals surface area contributed by atoms with E-state index in [9.17, 15) is 18.8 Å². The lowest BCUT2D eigenvalue weighted by molar-refractivity contribution is -0.151. The average Bonchev–Trinajstić information content (AvgIpc) is 2.95. The lowest BCUT2D eigenvalue weighted by atomic mass is 9.86. The Morgan fingerprint density at radius 2 is 1.38 bits per heavy atom. The van der Waals surface area contributed by atoms with Crippen LogP contribution in [0.2, 0.25) is 0 Å². The van der Waals surface area contributed by atoms with Gasteiger partial charge in [-0.25, -0.2) is 4.39 Å². The van der Waals surface area contributed by atoms with Crippen LogP contribution in [0.25, 0.3) is 0 Å². The number of amides is 3. The molecular formula is C20H17FN2O3. The number of anilines is 1. The fourth-order valence-electron chi connectivity index (χ4n) is 3.61. The fraction of sp³-hybridized carbons (Fsp3) is 0.250. The second kappa shape index (κ2) is 6.05. The molecule has 0 aromatic heterocycles. The predicted molar refractivity (Wildman–Crippen MR) is 92.7 cm³/mol. The first-order chi connectivity index (χ1) is 12.5. The van der Waals surface area contributed by atoms with Crippen LogP contribution in [0.3, 0.4) is 0 Å². The Hall–Kier alpha value is -3.02. The lowest BCUT2D eigenvalue weighted by Gasteiger charge is -2.49. The first kappa shape index (κ1) is 16.4. The second-order valence-electron chi connectivity index (χ2n) is 6.64. The number of nitrogens with zero attached hydrogens (tertiary/aromatic N) is 2. The zero-order valence-electron chi connectivity index (χ0n) is 14.2. The molecule has 0 bridgehead atoms. The molecule has 4 rings (SSSR count). The summed E-state index contributed by atoms with van der Waals surface area (Å²) in [6.07, 6.45) is 0.257. The van der Waals surface area contributed by atoms with Crippen LogP contribution >= 0.6 is 0 Å². The molecule has 2 heterocycles. The zero-order valence-corrected chi connectivity index (χ0v) is 14.2. The molecule has 5 nitrogen and oxygen atoms in total. The predicted octanol–water partition coefficient (Wildman–Crippen LogP) is 2.74. The van der Waals surface area contributed by atoms with E-state index in [1.165, 1.54) is 12.1 Å². The van der Waals surface area contributed by atoms with E-state index in [4.69, 9.17) is 0 Å². The Morgan fingerprint density at radius 3 is 1.96 bits per heavy atom. The van der Waals surface area contributed by atoms with E-state index in [2.05, 4.69) is 0 Å². The third-order valence-corrected chi connectivity index (χ3v) is 4.96. The molecule has 0 N–H and O–H groups in total. The van der Waals surface area contributed by atoms with Gasteiger partial charge in [0.2, 0.25) is 11.8 Å². The van der Waals surface area contributed by atoms with Crippen LogP contribution in [-0.2, 0) is 14.4 Å². The third kappa shape index (κ3) is 2.49. The van der Waals surface area contributed by atoms with Crippen molar-refractivity contribution in [2.24, 2.45) is 0 Å². The highest BCUT2D eigenvalue weighted by Crippen LogP contribution is 2.43. The van der Waals surface area contributed by atoms with Gasteiger partial charge in [-0.05, 0) is 36.8 Å². The van der Waals surface area contributed by atoms with Crippen molar-refractivity contribution in [3.63, 3.8) is 0 Å². The summed E-state index contributed by atoms with van der Waals surface area (Å²) in [6, 6.07) is 11.9. The van der Waals surface area contributed by atoms with Gasteiger partial charge in [0.1, 0.15) is 11.9 Å². The molecule has 2 fully saturated rings. The summed E-state index contributed by atoms with van der Waals surface area (Å²) >= 11 is 0. The van der Waals surface area contributed by atoms with Gasteiger partial charge < -0.3 is 4.90 Å². The smallest absolute Gasteiger partial charge is 0.253 e. The van der Waals surface area contributed by atoms with E-state index in [0.29, 0.717) is 11.3 Å². The number of imide groups is 1. The second-order valence-corrected chi connectivity index (χ2v) is 6.64. The highest BCUT2D eigenvalue weighted by molar-refractivity contribution is 6.13. The summed E-state index contributed by atoms with van der Waals surface area (Å²) in [5.41, 5.74) is 2.43. The van der Waals surface area contributed by atoms with E-state index in [0.717, 1.165) is 10.5 Å². The molecule has 2 aliphatic rings. The number of hydrogen-bond acceptors (Lipinski definition) is 3. The van der Waals surface area contributed by atoms with Crippen molar-refractivity contribution in [2.75, 3.05) is 4.90 Å². The average molecular weight is 352 g/mol. The van der Waals surface area contributed by atoms with Gasteiger partial charge in [-0.1, -0.05) is 29.8 Å². The zero-order chi connectivity index (χ0) is 18.4. The number of aryl methyl sites for hydroxylation is 1. The standard InChI is InChI=1S/C20H17FN2O3/c1-12-2-8-15(9-3-12)22-18(13-4-6-14(21)7-5-13)19(20(22)26)23-16(24)10-11-17(23)25/h2-9,18-19H,10-11H2,1H3/t18-,19-/m0/s1. The number of hydrogen-bond donors (Lipinski definition) is 0. The first-order valence-electron chi connectivity index (χ1n) is 8.47. The van der Waals surface area contributed by atoms with Crippen LogP contribution in [-0.4, -0.2) is 28.7 Å². The molecule has 2 atom stereocenters. The van der Waals surface area contributed by atoms with Gasteiger partial charge in [-0.15, -0.1) is 0 Å². The summed E-state index contributed by atoms with van der Waals surface area (Å²) in [7, 11) is 0. The molecule has 3 amide bonds. The Balaban J connectivity index is 1.76. The van der Waals surface area contributed by atoms with Gasteiger partial charge in [0, 0.05) is 18.5 Å². The van der Waals surface area contributed by atoms with Crippen molar-refractivity contribution in [1.29, 1.82) is 0 Å². The van der Waals surface area contributed by atoms with E-state index in [1.54, 1.807) is 17.0 Å². The number of rotatable bonds is 3. The minimum absolute atomic E-state index is 0.128. The molecule has 2 saturated heterocycles. The van der Waals surface area contributed by atoms with Crippen LogP contribution in [0.4, 0.5) is 10.1 Å². The van der Waals surface area contributed by atoms with Gasteiger partial charge in [-0.2, -0.15) is 0 Å². The molecule has 2 aromatic rings. The summed E-state index contributed by atoms with van der Waals surface area (Å²) < 4.78 is 13.3. The molecule has 132 valence electrons. The Bertz CT molecular complexity index is 876. The minimum Gasteiger partial charge on any atom is -0.300 e. The van der Waals surface area contributed by atoms with Crippen LogP contribution in [0.15, 0.2) is 48.5 Å². The summed E-state index contributed by atoms with van der Waals surface area (Å²) in [5.74, 6) is -1.34. The van der Waals surface area contributed by atoms with Crippen molar-refractivity contribution in [1.82, 2.24) is 4.90 Å². The molecule has 0 saturated carbocycles. The molecular weight excluding hydrogens is 335 g/mol. The van der Waals surface area contributed by atoms with Gasteiger partial charge in [0.05, 0.1) is 6.04 Å². The molecule has 0 unspecified atom stereocenters. The maximum atomic E-state index is 13.3. The van der Waals surface area contributed by atoms with E-state index in [-0.39, 0.29) is 36.4 Å². The molecule has 0 spiro atoms. The van der Waals surface area contributed by atoms with E-state index >= 15 is 0 Å².